The first-order chi connectivity index (χ1) is 12.8. The van der Waals surface area contributed by atoms with Gasteiger partial charge in [-0.1, -0.05) is 6.07 Å². The number of benzene rings is 2. The fraction of sp³-hybridized carbons (Fsp3) is 0.316. The van der Waals surface area contributed by atoms with Crippen molar-refractivity contribution in [3.8, 4) is 0 Å². The Labute approximate surface area is 158 Å². The van der Waals surface area contributed by atoms with E-state index in [9.17, 15) is 17.6 Å². The lowest BCUT2D eigenvalue weighted by atomic mass is 10.1. The maximum absolute atomic E-state index is 13.0. The maximum Gasteiger partial charge on any atom is 0.261 e. The van der Waals surface area contributed by atoms with Crippen LogP contribution in [-0.4, -0.2) is 26.9 Å². The van der Waals surface area contributed by atoms with Crippen molar-refractivity contribution in [3.63, 3.8) is 0 Å². The van der Waals surface area contributed by atoms with E-state index in [1.165, 1.54) is 24.3 Å². The van der Waals surface area contributed by atoms with Crippen LogP contribution in [0.25, 0.3) is 0 Å². The second kappa shape index (κ2) is 7.66. The fourth-order valence-electron chi connectivity index (χ4n) is 2.86. The average Bonchev–Trinajstić information content (AvgIpc) is 3.46. The van der Waals surface area contributed by atoms with Gasteiger partial charge in [0.25, 0.3) is 15.9 Å². The third-order valence-electron chi connectivity index (χ3n) is 4.62. The van der Waals surface area contributed by atoms with E-state index in [4.69, 9.17) is 5.73 Å². The number of hydrogen-bond acceptors (Lipinski definition) is 4. The minimum atomic E-state index is -3.91. The summed E-state index contributed by atoms with van der Waals surface area (Å²) >= 11 is 0. The number of anilines is 1. The molecule has 2 aromatic rings. The van der Waals surface area contributed by atoms with Gasteiger partial charge in [-0.15, -0.1) is 0 Å². The lowest BCUT2D eigenvalue weighted by molar-refractivity contribution is 0.0932. The summed E-state index contributed by atoms with van der Waals surface area (Å²) in [5, 5.41) is 2.90. The first-order valence-corrected chi connectivity index (χ1v) is 10.2. The molecule has 6 nitrogen and oxygen atoms in total. The van der Waals surface area contributed by atoms with Gasteiger partial charge in [0, 0.05) is 23.8 Å². The molecule has 1 aliphatic rings. The number of rotatable bonds is 7. The summed E-state index contributed by atoms with van der Waals surface area (Å²) in [5.41, 5.74) is 6.92. The van der Waals surface area contributed by atoms with Crippen LogP contribution in [0.5, 0.6) is 0 Å². The van der Waals surface area contributed by atoms with Crippen molar-refractivity contribution in [2.75, 3.05) is 11.3 Å². The Morgan fingerprint density at radius 1 is 1.22 bits per heavy atom. The number of halogens is 1. The fourth-order valence-corrected chi connectivity index (χ4v) is 3.94. The summed E-state index contributed by atoms with van der Waals surface area (Å²) in [6, 6.07) is 9.24. The van der Waals surface area contributed by atoms with Crippen molar-refractivity contribution in [1.82, 2.24) is 5.32 Å². The van der Waals surface area contributed by atoms with Crippen molar-refractivity contribution in [2.24, 2.45) is 11.7 Å². The summed E-state index contributed by atoms with van der Waals surface area (Å²) in [7, 11) is -3.91. The predicted molar refractivity (Wildman–Crippen MR) is 101 cm³/mol. The van der Waals surface area contributed by atoms with E-state index in [1.807, 2.05) is 0 Å². The van der Waals surface area contributed by atoms with E-state index < -0.39 is 15.8 Å². The van der Waals surface area contributed by atoms with Gasteiger partial charge in [-0.05, 0) is 67.6 Å². The van der Waals surface area contributed by atoms with Crippen LogP contribution >= 0.6 is 0 Å². The molecular weight excluding hydrogens is 369 g/mol. The van der Waals surface area contributed by atoms with Crippen LogP contribution < -0.4 is 15.8 Å². The highest BCUT2D eigenvalue weighted by molar-refractivity contribution is 7.92. The smallest absolute Gasteiger partial charge is 0.261 e. The SMILES string of the molecule is Cc1ccc(S(=O)(=O)Nc2ccc(F)cc2)cc1C(=O)NC(CN)C1CC1. The first kappa shape index (κ1) is 19.3. The number of nitrogens with one attached hydrogen (secondary N) is 2. The van der Waals surface area contributed by atoms with Crippen LogP contribution in [0.15, 0.2) is 47.4 Å². The third kappa shape index (κ3) is 4.64. The number of aryl methyl sites for hydroxylation is 1. The van der Waals surface area contributed by atoms with Crippen LogP contribution in [0.4, 0.5) is 10.1 Å². The van der Waals surface area contributed by atoms with E-state index in [-0.39, 0.29) is 28.1 Å². The molecule has 144 valence electrons. The molecular formula is C19H22FN3O3S. The van der Waals surface area contributed by atoms with Crippen molar-refractivity contribution < 1.29 is 17.6 Å². The molecule has 0 aromatic heterocycles. The highest BCUT2D eigenvalue weighted by Crippen LogP contribution is 2.32. The summed E-state index contributed by atoms with van der Waals surface area (Å²) in [6.45, 7) is 2.09. The maximum atomic E-state index is 13.0. The molecule has 1 amide bonds. The summed E-state index contributed by atoms with van der Waals surface area (Å²) in [5.74, 6) is -0.405. The standard InChI is InChI=1S/C19H22FN3O3S/c1-12-2-9-16(27(25,26)23-15-7-5-14(20)6-8-15)10-17(12)19(24)22-18(11-21)13-3-4-13/h2,5-10,13,18,23H,3-4,11,21H2,1H3,(H,22,24). The summed E-state index contributed by atoms with van der Waals surface area (Å²) < 4.78 is 40.6. The van der Waals surface area contributed by atoms with Gasteiger partial charge in [0.1, 0.15) is 5.82 Å². The van der Waals surface area contributed by atoms with Crippen molar-refractivity contribution in [2.45, 2.75) is 30.7 Å². The van der Waals surface area contributed by atoms with Gasteiger partial charge in [-0.2, -0.15) is 0 Å². The van der Waals surface area contributed by atoms with Crippen LogP contribution in [0, 0.1) is 18.7 Å². The van der Waals surface area contributed by atoms with Gasteiger partial charge in [0.15, 0.2) is 0 Å². The Morgan fingerprint density at radius 3 is 2.48 bits per heavy atom. The molecule has 0 spiro atoms. The Hall–Kier alpha value is -2.45. The zero-order valence-electron chi connectivity index (χ0n) is 14.9. The number of carbonyl (C=O) groups excluding carboxylic acids is 1. The van der Waals surface area contributed by atoms with E-state index in [0.717, 1.165) is 25.0 Å². The molecule has 2 aromatic carbocycles. The van der Waals surface area contributed by atoms with E-state index in [1.54, 1.807) is 13.0 Å². The zero-order chi connectivity index (χ0) is 19.6. The number of carbonyl (C=O) groups is 1. The van der Waals surface area contributed by atoms with Gasteiger partial charge in [0.2, 0.25) is 0 Å². The Morgan fingerprint density at radius 2 is 1.89 bits per heavy atom. The molecule has 0 radical (unpaired) electrons. The number of nitrogens with two attached hydrogens (primary N) is 1. The topological polar surface area (TPSA) is 101 Å². The lowest BCUT2D eigenvalue weighted by Gasteiger charge is -2.17. The highest BCUT2D eigenvalue weighted by atomic mass is 32.2. The quantitative estimate of drug-likeness (QED) is 0.675. The van der Waals surface area contributed by atoms with Gasteiger partial charge < -0.3 is 11.1 Å². The van der Waals surface area contributed by atoms with Gasteiger partial charge in [0.05, 0.1) is 4.90 Å². The van der Waals surface area contributed by atoms with Gasteiger partial charge in [-0.3, -0.25) is 9.52 Å². The molecule has 4 N–H and O–H groups in total. The summed E-state index contributed by atoms with van der Waals surface area (Å²) in [6.07, 6.45) is 2.08. The highest BCUT2D eigenvalue weighted by Gasteiger charge is 2.31. The first-order valence-electron chi connectivity index (χ1n) is 8.70. The Bertz CT molecular complexity index is 941. The molecule has 3 rings (SSSR count). The molecule has 0 saturated heterocycles. The van der Waals surface area contributed by atoms with Crippen LogP contribution in [0.2, 0.25) is 0 Å². The number of hydrogen-bond donors (Lipinski definition) is 3. The van der Waals surface area contributed by atoms with E-state index in [0.29, 0.717) is 18.0 Å². The van der Waals surface area contributed by atoms with E-state index >= 15 is 0 Å². The Balaban J connectivity index is 1.82. The minimum Gasteiger partial charge on any atom is -0.348 e. The molecule has 0 aliphatic heterocycles. The molecule has 8 heteroatoms. The summed E-state index contributed by atoms with van der Waals surface area (Å²) in [4.78, 5) is 12.6. The van der Waals surface area contributed by atoms with Gasteiger partial charge >= 0.3 is 0 Å². The third-order valence-corrected chi connectivity index (χ3v) is 6.00. The monoisotopic (exact) mass is 391 g/mol. The largest absolute Gasteiger partial charge is 0.348 e. The Kier molecular flexibility index (Phi) is 5.48. The minimum absolute atomic E-state index is 0.0432. The molecule has 1 fully saturated rings. The molecule has 1 unspecified atom stereocenters. The van der Waals surface area contributed by atoms with Crippen molar-refractivity contribution in [3.05, 3.63) is 59.4 Å². The number of sulfonamides is 1. The lowest BCUT2D eigenvalue weighted by Crippen LogP contribution is -2.42. The second-order valence-electron chi connectivity index (χ2n) is 6.74. The molecule has 0 bridgehead atoms. The normalized spacial score (nSPS) is 15.2. The van der Waals surface area contributed by atoms with Crippen LogP contribution in [0.3, 0.4) is 0 Å². The number of amides is 1. The molecule has 1 atom stereocenters. The second-order valence-corrected chi connectivity index (χ2v) is 8.42. The average molecular weight is 391 g/mol. The van der Waals surface area contributed by atoms with Crippen molar-refractivity contribution in [1.29, 1.82) is 0 Å². The van der Waals surface area contributed by atoms with Crippen LogP contribution in [-0.2, 0) is 10.0 Å². The zero-order valence-corrected chi connectivity index (χ0v) is 15.7. The van der Waals surface area contributed by atoms with Crippen LogP contribution in [0.1, 0.15) is 28.8 Å². The van der Waals surface area contributed by atoms with Gasteiger partial charge in [-0.25, -0.2) is 12.8 Å². The molecule has 1 saturated carbocycles. The predicted octanol–water partition coefficient (Wildman–Crippen LogP) is 2.40. The van der Waals surface area contributed by atoms with E-state index in [2.05, 4.69) is 10.0 Å². The van der Waals surface area contributed by atoms with Crippen molar-refractivity contribution >= 4 is 21.6 Å². The molecule has 27 heavy (non-hydrogen) atoms. The molecule has 0 heterocycles. The molecule has 1 aliphatic carbocycles.